The van der Waals surface area contributed by atoms with Crippen molar-refractivity contribution in [3.63, 3.8) is 0 Å². The maximum atomic E-state index is 12.5. The predicted molar refractivity (Wildman–Crippen MR) is 98.3 cm³/mol. The van der Waals surface area contributed by atoms with Crippen LogP contribution in [0.25, 0.3) is 0 Å². The van der Waals surface area contributed by atoms with Crippen molar-refractivity contribution >= 4 is 35.0 Å². The summed E-state index contributed by atoms with van der Waals surface area (Å²) in [6.07, 6.45) is 1.56. The van der Waals surface area contributed by atoms with E-state index >= 15 is 0 Å². The van der Waals surface area contributed by atoms with Gasteiger partial charge in [-0.3, -0.25) is 4.79 Å². The maximum Gasteiger partial charge on any atom is 0.337 e. The molecule has 0 saturated carbocycles. The van der Waals surface area contributed by atoms with Crippen LogP contribution < -0.4 is 10.6 Å². The van der Waals surface area contributed by atoms with Crippen molar-refractivity contribution < 1.29 is 14.3 Å². The number of carbonyl (C=O) groups is 2. The zero-order chi connectivity index (χ0) is 18.4. The Hall–Kier alpha value is -2.60. The summed E-state index contributed by atoms with van der Waals surface area (Å²) >= 11 is 6.10. The number of halogens is 1. The fourth-order valence-electron chi connectivity index (χ4n) is 2.04. The normalized spacial score (nSPS) is 10.4. The van der Waals surface area contributed by atoms with Gasteiger partial charge in [-0.2, -0.15) is 0 Å². The van der Waals surface area contributed by atoms with E-state index in [1.165, 1.54) is 25.3 Å². The summed E-state index contributed by atoms with van der Waals surface area (Å²) in [6.45, 7) is 4.92. The second-order valence-electron chi connectivity index (χ2n) is 5.84. The van der Waals surface area contributed by atoms with Gasteiger partial charge in [0.2, 0.25) is 0 Å². The molecule has 0 spiro atoms. The number of nitrogens with zero attached hydrogens (tertiary/aromatic N) is 1. The van der Waals surface area contributed by atoms with Crippen LogP contribution in [0.4, 0.5) is 11.5 Å². The van der Waals surface area contributed by atoms with Crippen LogP contribution in [0, 0.1) is 5.92 Å². The molecule has 1 aromatic heterocycles. The molecule has 6 nitrogen and oxygen atoms in total. The standard InChI is InChI=1S/C18H20ClN3O3/c1-11(2)10-21-16-9-12(6-7-20-16)17(23)22-15-8-13(18(24)25-3)4-5-14(15)19/h4-9,11H,10H2,1-3H3,(H,20,21)(H,22,23). The van der Waals surface area contributed by atoms with Crippen LogP contribution in [-0.4, -0.2) is 30.5 Å². The molecule has 7 heteroatoms. The highest BCUT2D eigenvalue weighted by Crippen LogP contribution is 2.24. The lowest BCUT2D eigenvalue weighted by Crippen LogP contribution is -2.15. The van der Waals surface area contributed by atoms with E-state index in [1.807, 2.05) is 0 Å². The number of pyridine rings is 1. The second-order valence-corrected chi connectivity index (χ2v) is 6.25. The minimum atomic E-state index is -0.503. The van der Waals surface area contributed by atoms with Crippen molar-refractivity contribution in [2.75, 3.05) is 24.3 Å². The molecule has 2 N–H and O–H groups in total. The van der Waals surface area contributed by atoms with Crippen LogP contribution in [0.2, 0.25) is 5.02 Å². The summed E-state index contributed by atoms with van der Waals surface area (Å²) in [4.78, 5) is 28.3. The summed E-state index contributed by atoms with van der Waals surface area (Å²) in [7, 11) is 1.29. The lowest BCUT2D eigenvalue weighted by atomic mass is 10.2. The van der Waals surface area contributed by atoms with Gasteiger partial charge >= 0.3 is 5.97 Å². The first-order valence-corrected chi connectivity index (χ1v) is 8.17. The number of ether oxygens (including phenoxy) is 1. The second kappa shape index (κ2) is 8.48. The van der Waals surface area contributed by atoms with Gasteiger partial charge in [0.15, 0.2) is 0 Å². The fraction of sp³-hybridized carbons (Fsp3) is 0.278. The molecule has 0 saturated heterocycles. The van der Waals surface area contributed by atoms with E-state index in [0.717, 1.165) is 6.54 Å². The van der Waals surface area contributed by atoms with Crippen LogP contribution in [0.3, 0.4) is 0 Å². The molecule has 25 heavy (non-hydrogen) atoms. The quantitative estimate of drug-likeness (QED) is 0.764. The van der Waals surface area contributed by atoms with Crippen LogP contribution in [0.5, 0.6) is 0 Å². The Bertz CT molecular complexity index is 778. The van der Waals surface area contributed by atoms with E-state index in [-0.39, 0.29) is 5.91 Å². The number of hydrogen-bond donors (Lipinski definition) is 2. The number of carbonyl (C=O) groups excluding carboxylic acids is 2. The van der Waals surface area contributed by atoms with Crippen molar-refractivity contribution in [2.45, 2.75) is 13.8 Å². The highest BCUT2D eigenvalue weighted by atomic mass is 35.5. The van der Waals surface area contributed by atoms with Gasteiger partial charge in [0.1, 0.15) is 5.82 Å². The Balaban J connectivity index is 2.17. The number of methoxy groups -OCH3 is 1. The number of hydrogen-bond acceptors (Lipinski definition) is 5. The van der Waals surface area contributed by atoms with E-state index in [2.05, 4.69) is 34.2 Å². The summed E-state index contributed by atoms with van der Waals surface area (Å²) in [5.41, 5.74) is 1.07. The average Bonchev–Trinajstić information content (AvgIpc) is 2.61. The molecule has 1 aromatic carbocycles. The molecule has 1 amide bonds. The van der Waals surface area contributed by atoms with Crippen molar-refractivity contribution in [3.8, 4) is 0 Å². The Kier molecular flexibility index (Phi) is 6.36. The van der Waals surface area contributed by atoms with E-state index in [9.17, 15) is 9.59 Å². The molecular weight excluding hydrogens is 342 g/mol. The number of anilines is 2. The Morgan fingerprint density at radius 2 is 1.96 bits per heavy atom. The van der Waals surface area contributed by atoms with Crippen molar-refractivity contribution in [2.24, 2.45) is 5.92 Å². The van der Waals surface area contributed by atoms with E-state index in [1.54, 1.807) is 18.3 Å². The van der Waals surface area contributed by atoms with E-state index in [0.29, 0.717) is 33.6 Å². The monoisotopic (exact) mass is 361 g/mol. The molecule has 0 bridgehead atoms. The first kappa shape index (κ1) is 18.7. The first-order chi connectivity index (χ1) is 11.9. The van der Waals surface area contributed by atoms with Crippen molar-refractivity contribution in [3.05, 3.63) is 52.7 Å². The van der Waals surface area contributed by atoms with Gasteiger partial charge < -0.3 is 15.4 Å². The predicted octanol–water partition coefficient (Wildman–Crippen LogP) is 3.84. The third-order valence-electron chi connectivity index (χ3n) is 3.35. The number of nitrogens with one attached hydrogen (secondary N) is 2. The van der Waals surface area contributed by atoms with Gasteiger partial charge in [0.25, 0.3) is 5.91 Å². The van der Waals surface area contributed by atoms with Crippen LogP contribution in [-0.2, 0) is 4.74 Å². The summed E-state index contributed by atoms with van der Waals surface area (Å²) < 4.78 is 4.67. The number of esters is 1. The van der Waals surface area contributed by atoms with Crippen molar-refractivity contribution in [1.29, 1.82) is 0 Å². The molecule has 1 heterocycles. The molecule has 0 aliphatic rings. The smallest absolute Gasteiger partial charge is 0.337 e. The topological polar surface area (TPSA) is 80.3 Å². The third-order valence-corrected chi connectivity index (χ3v) is 3.68. The number of amides is 1. The molecule has 0 atom stereocenters. The van der Waals surface area contributed by atoms with Crippen LogP contribution >= 0.6 is 11.6 Å². The molecule has 0 aliphatic carbocycles. The number of rotatable bonds is 6. The zero-order valence-corrected chi connectivity index (χ0v) is 15.1. The van der Waals surface area contributed by atoms with Crippen molar-refractivity contribution in [1.82, 2.24) is 4.98 Å². The van der Waals surface area contributed by atoms with E-state index in [4.69, 9.17) is 11.6 Å². The number of benzene rings is 1. The minimum Gasteiger partial charge on any atom is -0.465 e. The lowest BCUT2D eigenvalue weighted by molar-refractivity contribution is 0.0600. The summed E-state index contributed by atoms with van der Waals surface area (Å²) in [5.74, 6) is 0.227. The van der Waals surface area contributed by atoms with Gasteiger partial charge in [-0.05, 0) is 36.2 Å². The average molecular weight is 362 g/mol. The summed E-state index contributed by atoms with van der Waals surface area (Å²) in [6, 6.07) is 7.81. The van der Waals surface area contributed by atoms with Gasteiger partial charge in [0, 0.05) is 18.3 Å². The highest BCUT2D eigenvalue weighted by molar-refractivity contribution is 6.34. The van der Waals surface area contributed by atoms with Crippen LogP contribution in [0.1, 0.15) is 34.6 Å². The molecule has 0 radical (unpaired) electrons. The Morgan fingerprint density at radius 1 is 1.20 bits per heavy atom. The van der Waals surface area contributed by atoms with Gasteiger partial charge in [-0.15, -0.1) is 0 Å². The SMILES string of the molecule is COC(=O)c1ccc(Cl)c(NC(=O)c2ccnc(NCC(C)C)c2)c1. The highest BCUT2D eigenvalue weighted by Gasteiger charge is 2.13. The summed E-state index contributed by atoms with van der Waals surface area (Å²) in [5, 5.41) is 6.20. The largest absolute Gasteiger partial charge is 0.465 e. The maximum absolute atomic E-state index is 12.5. The third kappa shape index (κ3) is 5.19. The Labute approximate surface area is 151 Å². The van der Waals surface area contributed by atoms with Crippen LogP contribution in [0.15, 0.2) is 36.5 Å². The molecule has 0 unspecified atom stereocenters. The first-order valence-electron chi connectivity index (χ1n) is 7.80. The molecule has 0 fully saturated rings. The van der Waals surface area contributed by atoms with Gasteiger partial charge in [-0.25, -0.2) is 9.78 Å². The molecular formula is C18H20ClN3O3. The lowest BCUT2D eigenvalue weighted by Gasteiger charge is -2.11. The molecule has 2 rings (SSSR count). The van der Waals surface area contributed by atoms with Gasteiger partial charge in [0.05, 0.1) is 23.4 Å². The van der Waals surface area contributed by atoms with Gasteiger partial charge in [-0.1, -0.05) is 25.4 Å². The molecule has 132 valence electrons. The fourth-order valence-corrected chi connectivity index (χ4v) is 2.20. The Morgan fingerprint density at radius 3 is 2.64 bits per heavy atom. The minimum absolute atomic E-state index is 0.302. The zero-order valence-electron chi connectivity index (χ0n) is 14.3. The van der Waals surface area contributed by atoms with E-state index < -0.39 is 5.97 Å². The number of aromatic nitrogens is 1. The molecule has 0 aliphatic heterocycles. The molecule has 2 aromatic rings.